The molecule has 0 fully saturated rings. The number of phenols is 2. The highest BCUT2D eigenvalue weighted by atomic mass is 32.2. The molecule has 3 aromatic rings. The largest absolute Gasteiger partial charge is 0.508 e. The van der Waals surface area contributed by atoms with Crippen LogP contribution >= 0.6 is 0 Å². The van der Waals surface area contributed by atoms with Crippen molar-refractivity contribution in [2.24, 2.45) is 0 Å². The van der Waals surface area contributed by atoms with Gasteiger partial charge in [0.1, 0.15) is 11.5 Å². The van der Waals surface area contributed by atoms with Crippen molar-refractivity contribution >= 4 is 21.8 Å². The predicted octanol–water partition coefficient (Wildman–Crippen LogP) is 2.81. The fourth-order valence-electron chi connectivity index (χ4n) is 5.11. The van der Waals surface area contributed by atoms with Crippen LogP contribution in [0.5, 0.6) is 11.5 Å². The van der Waals surface area contributed by atoms with Gasteiger partial charge in [-0.2, -0.15) is 0 Å². The lowest BCUT2D eigenvalue weighted by atomic mass is 9.70. The van der Waals surface area contributed by atoms with E-state index in [-0.39, 0.29) is 34.3 Å². The van der Waals surface area contributed by atoms with E-state index in [1.54, 1.807) is 62.4 Å². The maximum absolute atomic E-state index is 13.4. The van der Waals surface area contributed by atoms with Gasteiger partial charge in [0.25, 0.3) is 0 Å². The van der Waals surface area contributed by atoms with Crippen LogP contribution in [0.2, 0.25) is 0 Å². The van der Waals surface area contributed by atoms with Gasteiger partial charge in [-0.25, -0.2) is 8.42 Å². The van der Waals surface area contributed by atoms with Crippen molar-refractivity contribution in [3.63, 3.8) is 0 Å². The third-order valence-electron chi connectivity index (χ3n) is 6.76. The van der Waals surface area contributed by atoms with Crippen molar-refractivity contribution in [2.75, 3.05) is 18.8 Å². The summed E-state index contributed by atoms with van der Waals surface area (Å²) in [6.45, 7) is 2.05. The summed E-state index contributed by atoms with van der Waals surface area (Å²) < 4.78 is 26.8. The lowest BCUT2D eigenvalue weighted by molar-refractivity contribution is -0.142. The summed E-state index contributed by atoms with van der Waals surface area (Å²) in [7, 11) is -3.71. The molecule has 0 spiro atoms. The van der Waals surface area contributed by atoms with E-state index >= 15 is 0 Å². The smallest absolute Gasteiger partial charge is 0.317 e. The molecule has 0 aliphatic carbocycles. The average Bonchev–Trinajstić information content (AvgIpc) is 3.06. The van der Waals surface area contributed by atoms with Crippen LogP contribution in [0.4, 0.5) is 0 Å². The van der Waals surface area contributed by atoms with Gasteiger partial charge in [0.15, 0.2) is 9.84 Å². The molecule has 9 nitrogen and oxygen atoms in total. The van der Waals surface area contributed by atoms with Crippen LogP contribution in [0.1, 0.15) is 33.4 Å². The van der Waals surface area contributed by atoms with Gasteiger partial charge in [0.2, 0.25) is 0 Å². The molecule has 1 aliphatic rings. The number of phenolic OH excluding ortho intramolecular Hbond substituents is 2. The average molecular weight is 526 g/mol. The highest BCUT2D eigenvalue weighted by Crippen LogP contribution is 2.50. The Morgan fingerprint density at radius 2 is 1.51 bits per heavy atom. The van der Waals surface area contributed by atoms with Gasteiger partial charge in [0.05, 0.1) is 29.2 Å². The van der Waals surface area contributed by atoms with Crippen LogP contribution in [0.25, 0.3) is 0 Å². The van der Waals surface area contributed by atoms with Gasteiger partial charge < -0.3 is 20.4 Å². The fraction of sp³-hybridized carbons (Fsp3) is 0.259. The second-order valence-corrected chi connectivity index (χ2v) is 11.4. The molecule has 0 bridgehead atoms. The first kappa shape index (κ1) is 26.2. The summed E-state index contributed by atoms with van der Waals surface area (Å²) in [4.78, 5) is 24.0. The summed E-state index contributed by atoms with van der Waals surface area (Å²) in [5.74, 6) is -2.80. The number of sulfone groups is 1. The zero-order chi connectivity index (χ0) is 27.1. The molecule has 0 saturated heterocycles. The Morgan fingerprint density at radius 1 is 0.892 bits per heavy atom. The van der Waals surface area contributed by atoms with Gasteiger partial charge in [0, 0.05) is 12.1 Å². The molecule has 4 N–H and O–H groups in total. The maximum Gasteiger partial charge on any atom is 0.317 e. The molecule has 37 heavy (non-hydrogen) atoms. The van der Waals surface area contributed by atoms with E-state index in [2.05, 4.69) is 0 Å². The van der Waals surface area contributed by atoms with Crippen LogP contribution in [-0.2, 0) is 31.4 Å². The minimum Gasteiger partial charge on any atom is -0.508 e. The number of carboxylic acid groups (broad SMARTS) is 2. The number of hydrogen-bond donors (Lipinski definition) is 4. The van der Waals surface area contributed by atoms with Crippen molar-refractivity contribution in [2.45, 2.75) is 30.7 Å². The molecular formula is C27H27NO8S. The Bertz CT molecular complexity index is 1500. The van der Waals surface area contributed by atoms with Gasteiger partial charge in [-0.1, -0.05) is 36.4 Å². The topological polar surface area (TPSA) is 152 Å². The Labute approximate surface area is 214 Å². The van der Waals surface area contributed by atoms with E-state index in [0.717, 1.165) is 0 Å². The molecule has 194 valence electrons. The van der Waals surface area contributed by atoms with Gasteiger partial charge in [-0.15, -0.1) is 0 Å². The number of nitrogens with zero attached hydrogens (tertiary/aromatic N) is 1. The zero-order valence-electron chi connectivity index (χ0n) is 20.3. The van der Waals surface area contributed by atoms with Crippen LogP contribution < -0.4 is 0 Å². The number of fused-ring (bicyclic) bond motifs is 1. The molecule has 1 heterocycles. The van der Waals surface area contributed by atoms with E-state index in [9.17, 15) is 38.4 Å². The van der Waals surface area contributed by atoms with Crippen molar-refractivity contribution in [3.8, 4) is 11.5 Å². The summed E-state index contributed by atoms with van der Waals surface area (Å²) in [6, 6.07) is 14.9. The normalized spacial score (nSPS) is 18.0. The molecular weight excluding hydrogens is 498 g/mol. The third-order valence-corrected chi connectivity index (χ3v) is 8.60. The summed E-state index contributed by atoms with van der Waals surface area (Å²) in [5, 5.41) is 39.5. The number of aromatic hydroxyl groups is 2. The molecule has 0 radical (unpaired) electrons. The molecule has 0 saturated carbocycles. The van der Waals surface area contributed by atoms with Crippen molar-refractivity contribution in [1.82, 2.24) is 4.90 Å². The van der Waals surface area contributed by atoms with E-state index in [1.165, 1.54) is 11.0 Å². The van der Waals surface area contributed by atoms with Crippen molar-refractivity contribution in [1.29, 1.82) is 0 Å². The second-order valence-electron chi connectivity index (χ2n) is 9.40. The van der Waals surface area contributed by atoms with Crippen molar-refractivity contribution < 1.29 is 38.4 Å². The Hall–Kier alpha value is -3.89. The quantitative estimate of drug-likeness (QED) is 0.348. The second kappa shape index (κ2) is 9.53. The van der Waals surface area contributed by atoms with E-state index in [0.29, 0.717) is 27.8 Å². The Morgan fingerprint density at radius 3 is 2.14 bits per heavy atom. The number of aryl methyl sites for hydroxylation is 2. The van der Waals surface area contributed by atoms with E-state index < -0.39 is 40.3 Å². The van der Waals surface area contributed by atoms with E-state index in [4.69, 9.17) is 0 Å². The SMILES string of the molecule is Cc1cc([C@]2(c3cc(C)c(O)c(CN(CC(=O)O)CC(=O)O)c3)CS(=O)(=O)c3ccccc32)ccc1O. The number of aliphatic carboxylic acids is 2. The third kappa shape index (κ3) is 4.77. The summed E-state index contributed by atoms with van der Waals surface area (Å²) in [5.41, 5.74) is 1.78. The Balaban J connectivity index is 1.98. The van der Waals surface area contributed by atoms with Crippen LogP contribution in [0.3, 0.4) is 0 Å². The molecule has 1 atom stereocenters. The number of benzene rings is 3. The molecule has 4 rings (SSSR count). The van der Waals surface area contributed by atoms with Crippen LogP contribution in [0.15, 0.2) is 59.5 Å². The molecule has 0 unspecified atom stereocenters. The monoisotopic (exact) mass is 525 g/mol. The lowest BCUT2D eigenvalue weighted by Crippen LogP contribution is -2.35. The first-order valence-corrected chi connectivity index (χ1v) is 13.1. The molecule has 1 aliphatic heterocycles. The number of hydrogen-bond acceptors (Lipinski definition) is 7. The number of rotatable bonds is 8. The number of carboxylic acids is 2. The predicted molar refractivity (Wildman–Crippen MR) is 135 cm³/mol. The fourth-order valence-corrected chi connectivity index (χ4v) is 7.18. The van der Waals surface area contributed by atoms with Gasteiger partial charge in [-0.05, 0) is 59.9 Å². The van der Waals surface area contributed by atoms with Crippen molar-refractivity contribution in [3.05, 3.63) is 88.0 Å². The first-order chi connectivity index (χ1) is 17.3. The van der Waals surface area contributed by atoms with Crippen LogP contribution in [-0.4, -0.2) is 64.5 Å². The zero-order valence-corrected chi connectivity index (χ0v) is 21.1. The highest BCUT2D eigenvalue weighted by Gasteiger charge is 2.49. The van der Waals surface area contributed by atoms with Crippen LogP contribution in [0, 0.1) is 13.8 Å². The van der Waals surface area contributed by atoms with E-state index in [1.807, 2.05) is 0 Å². The molecule has 0 amide bonds. The molecule has 3 aromatic carbocycles. The molecule has 0 aromatic heterocycles. The standard InChI is InChI=1S/C27H27NO8S/c1-16-9-19(7-8-22(16)29)27(15-37(35,36)23-6-4-3-5-21(23)27)20-10-17(2)26(34)18(11-20)12-28(13-24(30)31)14-25(32)33/h3-11,29,34H,12-15H2,1-2H3,(H,30,31)(H,32,33)/t27-/m0/s1. The number of carbonyl (C=O) groups is 2. The summed E-state index contributed by atoms with van der Waals surface area (Å²) in [6.07, 6.45) is 0. The summed E-state index contributed by atoms with van der Waals surface area (Å²) >= 11 is 0. The van der Waals surface area contributed by atoms with Gasteiger partial charge >= 0.3 is 11.9 Å². The molecule has 10 heteroatoms. The van der Waals surface area contributed by atoms with Gasteiger partial charge in [-0.3, -0.25) is 14.5 Å². The Kier molecular flexibility index (Phi) is 6.74. The first-order valence-electron chi connectivity index (χ1n) is 11.5. The maximum atomic E-state index is 13.4. The minimum absolute atomic E-state index is 0.0635. The lowest BCUT2D eigenvalue weighted by Gasteiger charge is -2.32. The minimum atomic E-state index is -3.71. The highest BCUT2D eigenvalue weighted by molar-refractivity contribution is 7.91.